The Labute approximate surface area is 101 Å². The average Bonchev–Trinajstić information content (AvgIpc) is 2.61. The van der Waals surface area contributed by atoms with Gasteiger partial charge in [-0.2, -0.15) is 0 Å². The summed E-state index contributed by atoms with van der Waals surface area (Å²) in [7, 11) is 1.27. The fourth-order valence-corrected chi connectivity index (χ4v) is 2.52. The van der Waals surface area contributed by atoms with Gasteiger partial charge in [-0.25, -0.2) is 8.42 Å². The molecule has 0 radical (unpaired) electrons. The summed E-state index contributed by atoms with van der Waals surface area (Å²) in [6.45, 7) is 1.27. The van der Waals surface area contributed by atoms with E-state index in [2.05, 4.69) is 0 Å². The molecule has 0 saturated carbocycles. The van der Waals surface area contributed by atoms with E-state index in [0.29, 0.717) is 0 Å². The number of aromatic hydroxyl groups is 1. The second-order valence-electron chi connectivity index (χ2n) is 3.43. The summed E-state index contributed by atoms with van der Waals surface area (Å²) < 4.78 is 27.7. The molecule has 0 fully saturated rings. The zero-order valence-corrected chi connectivity index (χ0v) is 10.2. The van der Waals surface area contributed by atoms with E-state index < -0.39 is 9.05 Å². The SMILES string of the molecule is CC(=O)c1cc2c(S(=O)(=O)Cl)ccc(O)c2o1. The summed E-state index contributed by atoms with van der Waals surface area (Å²) in [5.41, 5.74) is -0.0723. The van der Waals surface area contributed by atoms with Crippen LogP contribution in [-0.2, 0) is 9.05 Å². The van der Waals surface area contributed by atoms with Gasteiger partial charge in [0, 0.05) is 23.0 Å². The number of rotatable bonds is 2. The van der Waals surface area contributed by atoms with E-state index in [0.717, 1.165) is 12.1 Å². The number of halogens is 1. The van der Waals surface area contributed by atoms with Crippen LogP contribution in [0.25, 0.3) is 11.0 Å². The third-order valence-electron chi connectivity index (χ3n) is 2.23. The van der Waals surface area contributed by atoms with E-state index in [1.54, 1.807) is 0 Å². The highest BCUT2D eigenvalue weighted by Gasteiger charge is 2.20. The molecule has 2 aromatic rings. The Bertz CT molecular complexity index is 714. The molecule has 1 N–H and O–H groups in total. The van der Waals surface area contributed by atoms with Gasteiger partial charge in [0.2, 0.25) is 0 Å². The fraction of sp³-hybridized carbons (Fsp3) is 0.100. The third-order valence-corrected chi connectivity index (χ3v) is 3.61. The Hall–Kier alpha value is -1.53. The first-order valence-corrected chi connectivity index (χ1v) is 6.83. The first-order chi connectivity index (χ1) is 7.80. The number of phenolic OH excluding ortho intramolecular Hbond substituents is 1. The van der Waals surface area contributed by atoms with Crippen molar-refractivity contribution >= 4 is 36.5 Å². The molecule has 0 unspecified atom stereocenters. The molecule has 0 spiro atoms. The Morgan fingerprint density at radius 2 is 2.06 bits per heavy atom. The molecule has 0 aliphatic carbocycles. The Balaban J connectivity index is 2.90. The molecule has 0 saturated heterocycles. The molecule has 2 rings (SSSR count). The lowest BCUT2D eigenvalue weighted by molar-refractivity contribution is 0.0989. The largest absolute Gasteiger partial charge is 0.504 e. The number of benzene rings is 1. The molecule has 7 heteroatoms. The molecule has 0 atom stereocenters. The lowest BCUT2D eigenvalue weighted by Gasteiger charge is -1.98. The first-order valence-electron chi connectivity index (χ1n) is 4.52. The Kier molecular flexibility index (Phi) is 2.63. The maximum Gasteiger partial charge on any atom is 0.262 e. The highest BCUT2D eigenvalue weighted by Crippen LogP contribution is 2.34. The topological polar surface area (TPSA) is 84.6 Å². The van der Waals surface area contributed by atoms with Crippen LogP contribution in [-0.4, -0.2) is 19.3 Å². The summed E-state index contributed by atoms with van der Waals surface area (Å²) >= 11 is 0. The van der Waals surface area contributed by atoms with Crippen molar-refractivity contribution in [1.29, 1.82) is 0 Å². The third kappa shape index (κ3) is 2.01. The molecule has 0 bridgehead atoms. The van der Waals surface area contributed by atoms with Gasteiger partial charge in [0.15, 0.2) is 22.9 Å². The number of hydrogen-bond donors (Lipinski definition) is 1. The number of hydrogen-bond acceptors (Lipinski definition) is 5. The van der Waals surface area contributed by atoms with Gasteiger partial charge in [-0.05, 0) is 18.2 Å². The van der Waals surface area contributed by atoms with Gasteiger partial charge in [-0.1, -0.05) is 0 Å². The lowest BCUT2D eigenvalue weighted by atomic mass is 10.2. The normalized spacial score (nSPS) is 11.9. The van der Waals surface area contributed by atoms with Gasteiger partial charge in [-0.3, -0.25) is 4.79 Å². The van der Waals surface area contributed by atoms with Crippen molar-refractivity contribution in [3.8, 4) is 5.75 Å². The van der Waals surface area contributed by atoms with Crippen molar-refractivity contribution in [1.82, 2.24) is 0 Å². The van der Waals surface area contributed by atoms with E-state index in [1.807, 2.05) is 0 Å². The van der Waals surface area contributed by atoms with Gasteiger partial charge >= 0.3 is 0 Å². The molecule has 1 aromatic heterocycles. The summed E-state index contributed by atoms with van der Waals surface area (Å²) in [5, 5.41) is 9.60. The molecule has 0 amide bonds. The zero-order chi connectivity index (χ0) is 12.8. The molecule has 5 nitrogen and oxygen atoms in total. The maximum absolute atomic E-state index is 11.3. The fourth-order valence-electron chi connectivity index (χ4n) is 1.47. The van der Waals surface area contributed by atoms with Crippen molar-refractivity contribution in [2.75, 3.05) is 0 Å². The van der Waals surface area contributed by atoms with Crippen LogP contribution in [0.3, 0.4) is 0 Å². The summed E-state index contributed by atoms with van der Waals surface area (Å²) in [6, 6.07) is 3.54. The van der Waals surface area contributed by atoms with Crippen LogP contribution in [0.15, 0.2) is 27.5 Å². The molecule has 0 aliphatic heterocycles. The zero-order valence-electron chi connectivity index (χ0n) is 8.60. The number of phenols is 1. The summed E-state index contributed by atoms with van der Waals surface area (Å²) in [5.74, 6) is -0.668. The van der Waals surface area contributed by atoms with Crippen molar-refractivity contribution < 1.29 is 22.7 Å². The standard InChI is InChI=1S/C10H7ClO5S/c1-5(12)8-4-6-9(17(11,14)15)3-2-7(13)10(6)16-8/h2-4,13H,1H3. The van der Waals surface area contributed by atoms with E-state index >= 15 is 0 Å². The Morgan fingerprint density at radius 1 is 1.41 bits per heavy atom. The second-order valence-corrected chi connectivity index (χ2v) is 5.96. The Morgan fingerprint density at radius 3 is 2.59 bits per heavy atom. The van der Waals surface area contributed by atoms with Gasteiger partial charge < -0.3 is 9.52 Å². The monoisotopic (exact) mass is 274 g/mol. The van der Waals surface area contributed by atoms with Crippen LogP contribution in [0.1, 0.15) is 17.5 Å². The van der Waals surface area contributed by atoms with Gasteiger partial charge in [-0.15, -0.1) is 0 Å². The van der Waals surface area contributed by atoms with E-state index in [4.69, 9.17) is 15.1 Å². The second kappa shape index (κ2) is 3.75. The lowest BCUT2D eigenvalue weighted by Crippen LogP contribution is -1.90. The summed E-state index contributed by atoms with van der Waals surface area (Å²) in [6.07, 6.45) is 0. The molecular weight excluding hydrogens is 268 g/mol. The van der Waals surface area contributed by atoms with E-state index in [-0.39, 0.29) is 33.2 Å². The molecule has 17 heavy (non-hydrogen) atoms. The number of furan rings is 1. The number of Topliss-reactive ketones (excluding diaryl/α,β-unsaturated/α-hetero) is 1. The quantitative estimate of drug-likeness (QED) is 0.671. The molecular formula is C10H7ClO5S. The maximum atomic E-state index is 11.3. The number of ketones is 1. The van der Waals surface area contributed by atoms with Crippen LogP contribution in [0.5, 0.6) is 5.75 Å². The molecule has 1 aromatic carbocycles. The number of fused-ring (bicyclic) bond motifs is 1. The van der Waals surface area contributed by atoms with Crippen LogP contribution >= 0.6 is 10.7 Å². The molecule has 1 heterocycles. The van der Waals surface area contributed by atoms with Crippen LogP contribution in [0.4, 0.5) is 0 Å². The van der Waals surface area contributed by atoms with Crippen LogP contribution < -0.4 is 0 Å². The van der Waals surface area contributed by atoms with Crippen molar-refractivity contribution in [2.24, 2.45) is 0 Å². The predicted molar refractivity (Wildman–Crippen MR) is 60.9 cm³/mol. The van der Waals surface area contributed by atoms with Crippen LogP contribution in [0, 0.1) is 0 Å². The smallest absolute Gasteiger partial charge is 0.262 e. The van der Waals surface area contributed by atoms with Crippen molar-refractivity contribution in [3.05, 3.63) is 24.0 Å². The van der Waals surface area contributed by atoms with Crippen molar-refractivity contribution in [3.63, 3.8) is 0 Å². The van der Waals surface area contributed by atoms with Crippen LogP contribution in [0.2, 0.25) is 0 Å². The minimum atomic E-state index is -3.97. The van der Waals surface area contributed by atoms with E-state index in [1.165, 1.54) is 13.0 Å². The average molecular weight is 275 g/mol. The van der Waals surface area contributed by atoms with Gasteiger partial charge in [0.1, 0.15) is 0 Å². The number of carbonyl (C=O) groups is 1. The molecule has 90 valence electrons. The predicted octanol–water partition coefficient (Wildman–Crippen LogP) is 2.27. The highest BCUT2D eigenvalue weighted by atomic mass is 35.7. The molecule has 0 aliphatic rings. The highest BCUT2D eigenvalue weighted by molar-refractivity contribution is 8.14. The van der Waals surface area contributed by atoms with Crippen molar-refractivity contribution in [2.45, 2.75) is 11.8 Å². The van der Waals surface area contributed by atoms with E-state index in [9.17, 15) is 18.3 Å². The summed E-state index contributed by atoms with van der Waals surface area (Å²) in [4.78, 5) is 10.9. The minimum absolute atomic E-state index is 0.0388. The first kappa shape index (κ1) is 11.9. The van der Waals surface area contributed by atoms with Gasteiger partial charge in [0.25, 0.3) is 9.05 Å². The number of carbonyl (C=O) groups excluding carboxylic acids is 1. The van der Waals surface area contributed by atoms with Gasteiger partial charge in [0.05, 0.1) is 4.90 Å². The minimum Gasteiger partial charge on any atom is -0.504 e.